The Morgan fingerprint density at radius 1 is 1.40 bits per heavy atom. The zero-order chi connectivity index (χ0) is 11.1. The molecule has 2 nitrogen and oxygen atoms in total. The van der Waals surface area contributed by atoms with Crippen molar-refractivity contribution in [3.63, 3.8) is 0 Å². The van der Waals surface area contributed by atoms with Crippen molar-refractivity contribution < 1.29 is 9.53 Å². The van der Waals surface area contributed by atoms with Crippen LogP contribution in [0.15, 0.2) is 28.2 Å². The highest BCUT2D eigenvalue weighted by atomic mass is 79.9. The summed E-state index contributed by atoms with van der Waals surface area (Å²) in [6.07, 6.45) is 2.72. The smallest absolute Gasteiger partial charge is 0.150 e. The molecule has 0 N–H and O–H groups in total. The molecule has 0 radical (unpaired) electrons. The monoisotopic (exact) mass is 266 g/mol. The van der Waals surface area contributed by atoms with Gasteiger partial charge in [-0.05, 0) is 38.1 Å². The second-order valence-electron chi connectivity index (χ2n) is 4.01. The van der Waals surface area contributed by atoms with E-state index in [4.69, 9.17) is 4.74 Å². The Morgan fingerprint density at radius 3 is 2.80 bits per heavy atom. The van der Waals surface area contributed by atoms with E-state index in [0.717, 1.165) is 22.1 Å². The Morgan fingerprint density at radius 2 is 2.13 bits per heavy atom. The van der Waals surface area contributed by atoms with E-state index >= 15 is 0 Å². The van der Waals surface area contributed by atoms with Crippen LogP contribution in [0.2, 0.25) is 0 Å². The molecule has 1 aromatic rings. The Hall–Kier alpha value is -1.09. The minimum atomic E-state index is -0.539. The first kappa shape index (κ1) is 10.4. The maximum absolute atomic E-state index is 10.9. The standard InChI is InChI=1S/C12H11BrO2/c1-12(2)9(7-14)5-8-6-10(13)3-4-11(8)15-12/h3-7H,1-2H3. The SMILES string of the molecule is CC1(C)Oc2ccc(Br)cc2C=C1C=O. The lowest BCUT2D eigenvalue weighted by atomic mass is 9.93. The predicted octanol–water partition coefficient (Wildman–Crippen LogP) is 3.20. The zero-order valence-corrected chi connectivity index (χ0v) is 10.2. The summed E-state index contributed by atoms with van der Waals surface area (Å²) in [6.45, 7) is 3.77. The van der Waals surface area contributed by atoms with Crippen molar-refractivity contribution in [3.8, 4) is 5.75 Å². The normalized spacial score (nSPS) is 17.4. The second-order valence-corrected chi connectivity index (χ2v) is 4.93. The lowest BCUT2D eigenvalue weighted by molar-refractivity contribution is -0.106. The summed E-state index contributed by atoms with van der Waals surface area (Å²) in [5.41, 5.74) is 1.06. The van der Waals surface area contributed by atoms with Crippen LogP contribution in [0, 0.1) is 0 Å². The van der Waals surface area contributed by atoms with E-state index in [1.165, 1.54) is 0 Å². The molecule has 2 rings (SSSR count). The van der Waals surface area contributed by atoms with Crippen LogP contribution in [-0.4, -0.2) is 11.9 Å². The third-order valence-electron chi connectivity index (χ3n) is 2.47. The van der Waals surface area contributed by atoms with Gasteiger partial charge in [-0.3, -0.25) is 4.79 Å². The lowest BCUT2D eigenvalue weighted by Gasteiger charge is -2.31. The summed E-state index contributed by atoms with van der Waals surface area (Å²) in [4.78, 5) is 10.9. The molecule has 0 saturated carbocycles. The van der Waals surface area contributed by atoms with Crippen LogP contribution in [-0.2, 0) is 4.79 Å². The number of hydrogen-bond acceptors (Lipinski definition) is 2. The lowest BCUT2D eigenvalue weighted by Crippen LogP contribution is -2.33. The Labute approximate surface area is 97.1 Å². The fraction of sp³-hybridized carbons (Fsp3) is 0.250. The largest absolute Gasteiger partial charge is 0.482 e. The average molecular weight is 267 g/mol. The number of aldehydes is 1. The molecule has 0 bridgehead atoms. The van der Waals surface area contributed by atoms with Crippen LogP contribution in [0.3, 0.4) is 0 Å². The highest BCUT2D eigenvalue weighted by Crippen LogP contribution is 2.35. The highest BCUT2D eigenvalue weighted by molar-refractivity contribution is 9.10. The van der Waals surface area contributed by atoms with E-state index in [9.17, 15) is 4.79 Å². The van der Waals surface area contributed by atoms with E-state index in [1.54, 1.807) is 0 Å². The highest BCUT2D eigenvalue weighted by Gasteiger charge is 2.29. The van der Waals surface area contributed by atoms with Crippen LogP contribution in [0.5, 0.6) is 5.75 Å². The van der Waals surface area contributed by atoms with Gasteiger partial charge in [-0.2, -0.15) is 0 Å². The number of carbonyl (C=O) groups excluding carboxylic acids is 1. The van der Waals surface area contributed by atoms with Crippen molar-refractivity contribution in [2.75, 3.05) is 0 Å². The van der Waals surface area contributed by atoms with Gasteiger partial charge in [-0.15, -0.1) is 0 Å². The molecule has 0 spiro atoms. The minimum Gasteiger partial charge on any atom is -0.482 e. The third kappa shape index (κ3) is 1.84. The van der Waals surface area contributed by atoms with Crippen LogP contribution >= 0.6 is 15.9 Å². The van der Waals surface area contributed by atoms with Crippen LogP contribution in [0.4, 0.5) is 0 Å². The van der Waals surface area contributed by atoms with Crippen LogP contribution in [0.1, 0.15) is 19.4 Å². The van der Waals surface area contributed by atoms with E-state index in [0.29, 0.717) is 5.57 Å². The molecule has 0 aromatic heterocycles. The minimum absolute atomic E-state index is 0.539. The zero-order valence-electron chi connectivity index (χ0n) is 8.58. The summed E-state index contributed by atoms with van der Waals surface area (Å²) in [6, 6.07) is 5.77. The first-order valence-electron chi connectivity index (χ1n) is 4.69. The number of halogens is 1. The van der Waals surface area contributed by atoms with Crippen molar-refractivity contribution in [2.24, 2.45) is 0 Å². The molecule has 1 aliphatic rings. The van der Waals surface area contributed by atoms with Crippen molar-refractivity contribution in [1.29, 1.82) is 0 Å². The van der Waals surface area contributed by atoms with Gasteiger partial charge in [0, 0.05) is 15.6 Å². The Kier molecular flexibility index (Phi) is 2.43. The Bertz CT molecular complexity index is 447. The first-order chi connectivity index (χ1) is 7.03. The van der Waals surface area contributed by atoms with E-state index < -0.39 is 5.60 Å². The van der Waals surface area contributed by atoms with E-state index in [2.05, 4.69) is 15.9 Å². The van der Waals surface area contributed by atoms with Gasteiger partial charge in [-0.1, -0.05) is 15.9 Å². The summed E-state index contributed by atoms with van der Waals surface area (Å²) < 4.78 is 6.74. The van der Waals surface area contributed by atoms with E-state index in [-0.39, 0.29) is 0 Å². The molecule has 0 unspecified atom stereocenters. The number of rotatable bonds is 1. The van der Waals surface area contributed by atoms with Gasteiger partial charge in [0.25, 0.3) is 0 Å². The van der Waals surface area contributed by atoms with E-state index in [1.807, 2.05) is 38.1 Å². The maximum atomic E-state index is 10.9. The predicted molar refractivity (Wildman–Crippen MR) is 62.9 cm³/mol. The number of ether oxygens (including phenoxy) is 1. The molecule has 1 aromatic carbocycles. The van der Waals surface area contributed by atoms with Gasteiger partial charge >= 0.3 is 0 Å². The average Bonchev–Trinajstić information content (AvgIpc) is 2.17. The van der Waals surface area contributed by atoms with Crippen LogP contribution < -0.4 is 4.74 Å². The van der Waals surface area contributed by atoms with Gasteiger partial charge in [0.05, 0.1) is 0 Å². The number of benzene rings is 1. The summed E-state index contributed by atoms with van der Waals surface area (Å²) in [7, 11) is 0. The topological polar surface area (TPSA) is 26.3 Å². The summed E-state index contributed by atoms with van der Waals surface area (Å²) in [5.74, 6) is 0.814. The van der Waals surface area contributed by atoms with Crippen molar-refractivity contribution in [1.82, 2.24) is 0 Å². The molecule has 0 aliphatic carbocycles. The van der Waals surface area contributed by atoms with Crippen molar-refractivity contribution in [3.05, 3.63) is 33.8 Å². The molecule has 15 heavy (non-hydrogen) atoms. The number of fused-ring (bicyclic) bond motifs is 1. The quantitative estimate of drug-likeness (QED) is 0.730. The Balaban J connectivity index is 2.57. The summed E-state index contributed by atoms with van der Waals surface area (Å²) in [5, 5.41) is 0. The molecule has 78 valence electrons. The second kappa shape index (κ2) is 3.49. The van der Waals surface area contributed by atoms with Gasteiger partial charge in [0.2, 0.25) is 0 Å². The number of carbonyl (C=O) groups is 1. The first-order valence-corrected chi connectivity index (χ1v) is 5.48. The third-order valence-corrected chi connectivity index (χ3v) is 2.96. The molecule has 3 heteroatoms. The molecule has 1 aliphatic heterocycles. The molecule has 0 atom stereocenters. The molecule has 0 amide bonds. The van der Waals surface area contributed by atoms with Gasteiger partial charge < -0.3 is 4.74 Å². The van der Waals surface area contributed by atoms with Crippen LogP contribution in [0.25, 0.3) is 6.08 Å². The van der Waals surface area contributed by atoms with Crippen molar-refractivity contribution >= 4 is 28.3 Å². The number of hydrogen-bond donors (Lipinski definition) is 0. The molecule has 0 fully saturated rings. The fourth-order valence-corrected chi connectivity index (χ4v) is 1.95. The molecule has 1 heterocycles. The van der Waals surface area contributed by atoms with Crippen molar-refractivity contribution in [2.45, 2.75) is 19.4 Å². The van der Waals surface area contributed by atoms with Gasteiger partial charge in [0.15, 0.2) is 0 Å². The maximum Gasteiger partial charge on any atom is 0.150 e. The fourth-order valence-electron chi connectivity index (χ4n) is 1.58. The van der Waals surface area contributed by atoms with Gasteiger partial charge in [0.1, 0.15) is 17.6 Å². The molecule has 0 saturated heterocycles. The van der Waals surface area contributed by atoms with Gasteiger partial charge in [-0.25, -0.2) is 0 Å². The summed E-state index contributed by atoms with van der Waals surface area (Å²) >= 11 is 3.39. The molecular weight excluding hydrogens is 256 g/mol. The molecular formula is C12H11BrO2.